The fraction of sp³-hybridized carbons (Fsp3) is 0.500. The molecule has 5 heteroatoms. The second-order valence-electron chi connectivity index (χ2n) is 6.98. The van der Waals surface area contributed by atoms with Crippen LogP contribution < -0.4 is 5.32 Å². The van der Waals surface area contributed by atoms with Gasteiger partial charge in [-0.15, -0.1) is 0 Å². The minimum atomic E-state index is 0.0244. The van der Waals surface area contributed by atoms with Crippen molar-refractivity contribution in [2.24, 2.45) is 0 Å². The van der Waals surface area contributed by atoms with E-state index in [-0.39, 0.29) is 5.91 Å². The van der Waals surface area contributed by atoms with Gasteiger partial charge in [-0.3, -0.25) is 14.4 Å². The van der Waals surface area contributed by atoms with Gasteiger partial charge in [0.2, 0.25) is 5.91 Å². The van der Waals surface area contributed by atoms with Crippen LogP contribution in [0.15, 0.2) is 30.3 Å². The molecule has 5 nitrogen and oxygen atoms in total. The first-order valence-electron chi connectivity index (χ1n) is 9.22. The van der Waals surface area contributed by atoms with Crippen LogP contribution in [-0.2, 0) is 17.9 Å². The number of piperidine rings is 1. The molecule has 0 spiro atoms. The highest BCUT2D eigenvalue weighted by Gasteiger charge is 2.10. The third-order valence-electron chi connectivity index (χ3n) is 4.75. The number of nitrogens with zero attached hydrogens (tertiary/aromatic N) is 3. The SMILES string of the molecule is Cc1cc(C)n(CCC(=O)Nc2ccc(CN3CCCCC3)cc2)n1. The van der Waals surface area contributed by atoms with E-state index in [1.54, 1.807) is 0 Å². The molecule has 2 aromatic rings. The number of aryl methyl sites for hydroxylation is 3. The van der Waals surface area contributed by atoms with Crippen LogP contribution in [0.2, 0.25) is 0 Å². The molecule has 134 valence electrons. The second-order valence-corrected chi connectivity index (χ2v) is 6.98. The van der Waals surface area contributed by atoms with Crippen LogP contribution >= 0.6 is 0 Å². The van der Waals surface area contributed by atoms with Gasteiger partial charge in [-0.1, -0.05) is 18.6 Å². The van der Waals surface area contributed by atoms with E-state index in [1.807, 2.05) is 36.7 Å². The van der Waals surface area contributed by atoms with Gasteiger partial charge in [0.25, 0.3) is 0 Å². The molecule has 1 aliphatic heterocycles. The van der Waals surface area contributed by atoms with Gasteiger partial charge in [-0.2, -0.15) is 5.10 Å². The molecule has 0 unspecified atom stereocenters. The average molecular weight is 340 g/mol. The number of benzene rings is 1. The van der Waals surface area contributed by atoms with Gasteiger partial charge in [-0.05, 0) is 63.5 Å². The largest absolute Gasteiger partial charge is 0.326 e. The maximum absolute atomic E-state index is 12.1. The Bertz CT molecular complexity index is 699. The van der Waals surface area contributed by atoms with Gasteiger partial charge in [-0.25, -0.2) is 0 Å². The number of carbonyl (C=O) groups excluding carboxylic acids is 1. The van der Waals surface area contributed by atoms with Crippen molar-refractivity contribution in [3.05, 3.63) is 47.3 Å². The number of anilines is 1. The van der Waals surface area contributed by atoms with E-state index in [1.165, 1.54) is 37.9 Å². The molecule has 1 fully saturated rings. The van der Waals surface area contributed by atoms with E-state index in [4.69, 9.17) is 0 Å². The van der Waals surface area contributed by atoms with Crippen molar-refractivity contribution < 1.29 is 4.79 Å². The predicted octanol–water partition coefficient (Wildman–Crippen LogP) is 3.51. The zero-order valence-corrected chi connectivity index (χ0v) is 15.3. The maximum atomic E-state index is 12.1. The molecule has 1 aromatic carbocycles. The number of carbonyl (C=O) groups is 1. The summed E-state index contributed by atoms with van der Waals surface area (Å²) in [6.07, 6.45) is 4.41. The second kappa shape index (κ2) is 8.30. The van der Waals surface area contributed by atoms with Crippen LogP contribution in [0.1, 0.15) is 42.6 Å². The molecule has 0 saturated carbocycles. The molecule has 1 N–H and O–H groups in total. The number of likely N-dealkylation sites (tertiary alicyclic amines) is 1. The van der Waals surface area contributed by atoms with E-state index in [9.17, 15) is 4.79 Å². The van der Waals surface area contributed by atoms with E-state index >= 15 is 0 Å². The van der Waals surface area contributed by atoms with Gasteiger partial charge in [0.1, 0.15) is 0 Å². The normalized spacial score (nSPS) is 15.3. The summed E-state index contributed by atoms with van der Waals surface area (Å²) >= 11 is 0. The molecular formula is C20H28N4O. The Labute approximate surface area is 150 Å². The molecule has 1 aromatic heterocycles. The highest BCUT2D eigenvalue weighted by atomic mass is 16.1. The molecule has 25 heavy (non-hydrogen) atoms. The van der Waals surface area contributed by atoms with Gasteiger partial charge >= 0.3 is 0 Å². The summed E-state index contributed by atoms with van der Waals surface area (Å²) in [6, 6.07) is 10.3. The van der Waals surface area contributed by atoms with Crippen molar-refractivity contribution in [3.8, 4) is 0 Å². The number of amides is 1. The molecule has 1 saturated heterocycles. The standard InChI is InChI=1S/C20H28N4O/c1-16-14-17(2)24(22-16)13-10-20(25)21-19-8-6-18(7-9-19)15-23-11-4-3-5-12-23/h6-9,14H,3-5,10-13,15H2,1-2H3,(H,21,25). The lowest BCUT2D eigenvalue weighted by Crippen LogP contribution is -2.29. The summed E-state index contributed by atoms with van der Waals surface area (Å²) in [4.78, 5) is 14.7. The molecule has 0 atom stereocenters. The molecule has 3 rings (SSSR count). The number of aromatic nitrogens is 2. The van der Waals surface area contributed by atoms with Crippen LogP contribution in [0.5, 0.6) is 0 Å². The summed E-state index contributed by atoms with van der Waals surface area (Å²) in [7, 11) is 0. The van der Waals surface area contributed by atoms with Gasteiger partial charge in [0.05, 0.1) is 5.69 Å². The first-order valence-corrected chi connectivity index (χ1v) is 9.22. The molecule has 1 aliphatic rings. The smallest absolute Gasteiger partial charge is 0.226 e. The first-order chi connectivity index (χ1) is 12.1. The van der Waals surface area contributed by atoms with Crippen molar-refractivity contribution >= 4 is 11.6 Å². The highest BCUT2D eigenvalue weighted by Crippen LogP contribution is 2.15. The fourth-order valence-corrected chi connectivity index (χ4v) is 3.40. The molecule has 0 aliphatic carbocycles. The number of hydrogen-bond acceptors (Lipinski definition) is 3. The summed E-state index contributed by atoms with van der Waals surface area (Å²) in [5, 5.41) is 7.36. The number of hydrogen-bond donors (Lipinski definition) is 1. The lowest BCUT2D eigenvalue weighted by atomic mass is 10.1. The van der Waals surface area contributed by atoms with E-state index in [0.29, 0.717) is 13.0 Å². The summed E-state index contributed by atoms with van der Waals surface area (Å²) in [5.74, 6) is 0.0244. The summed E-state index contributed by atoms with van der Waals surface area (Å²) in [5.41, 5.74) is 4.25. The molecule has 1 amide bonds. The Balaban J connectivity index is 1.47. The molecule has 2 heterocycles. The number of nitrogens with one attached hydrogen (secondary N) is 1. The zero-order chi connectivity index (χ0) is 17.6. The molecule has 0 bridgehead atoms. The Morgan fingerprint density at radius 2 is 1.84 bits per heavy atom. The quantitative estimate of drug-likeness (QED) is 0.875. The minimum absolute atomic E-state index is 0.0244. The topological polar surface area (TPSA) is 50.2 Å². The van der Waals surface area contributed by atoms with Crippen LogP contribution in [-0.4, -0.2) is 33.7 Å². The lowest BCUT2D eigenvalue weighted by Gasteiger charge is -2.26. The summed E-state index contributed by atoms with van der Waals surface area (Å²) < 4.78 is 1.89. The van der Waals surface area contributed by atoms with E-state index in [2.05, 4.69) is 27.4 Å². The third kappa shape index (κ3) is 5.16. The van der Waals surface area contributed by atoms with E-state index in [0.717, 1.165) is 23.6 Å². The Hall–Kier alpha value is -2.14. The third-order valence-corrected chi connectivity index (χ3v) is 4.75. The van der Waals surface area contributed by atoms with Crippen molar-refractivity contribution in [1.29, 1.82) is 0 Å². The van der Waals surface area contributed by atoms with Crippen molar-refractivity contribution in [1.82, 2.24) is 14.7 Å². The molecular weight excluding hydrogens is 312 g/mol. The minimum Gasteiger partial charge on any atom is -0.326 e. The first kappa shape index (κ1) is 17.7. The van der Waals surface area contributed by atoms with Crippen molar-refractivity contribution in [2.45, 2.75) is 52.6 Å². The Morgan fingerprint density at radius 3 is 2.48 bits per heavy atom. The van der Waals surface area contributed by atoms with Crippen LogP contribution in [0.4, 0.5) is 5.69 Å². The van der Waals surface area contributed by atoms with Crippen LogP contribution in [0.25, 0.3) is 0 Å². The maximum Gasteiger partial charge on any atom is 0.226 e. The van der Waals surface area contributed by atoms with Gasteiger partial charge in [0.15, 0.2) is 0 Å². The monoisotopic (exact) mass is 340 g/mol. The Morgan fingerprint density at radius 1 is 1.12 bits per heavy atom. The van der Waals surface area contributed by atoms with Gasteiger partial charge in [0, 0.05) is 30.9 Å². The van der Waals surface area contributed by atoms with Crippen LogP contribution in [0, 0.1) is 13.8 Å². The lowest BCUT2D eigenvalue weighted by molar-refractivity contribution is -0.116. The average Bonchev–Trinajstić information content (AvgIpc) is 2.93. The molecule has 0 radical (unpaired) electrons. The number of rotatable bonds is 6. The van der Waals surface area contributed by atoms with Crippen molar-refractivity contribution in [3.63, 3.8) is 0 Å². The van der Waals surface area contributed by atoms with Crippen molar-refractivity contribution in [2.75, 3.05) is 18.4 Å². The highest BCUT2D eigenvalue weighted by molar-refractivity contribution is 5.90. The van der Waals surface area contributed by atoms with E-state index < -0.39 is 0 Å². The van der Waals surface area contributed by atoms with Crippen LogP contribution in [0.3, 0.4) is 0 Å². The fourth-order valence-electron chi connectivity index (χ4n) is 3.40. The predicted molar refractivity (Wildman–Crippen MR) is 101 cm³/mol. The summed E-state index contributed by atoms with van der Waals surface area (Å²) in [6.45, 7) is 7.99. The Kier molecular flexibility index (Phi) is 5.87. The van der Waals surface area contributed by atoms with Gasteiger partial charge < -0.3 is 5.32 Å². The zero-order valence-electron chi connectivity index (χ0n) is 15.3.